The van der Waals surface area contributed by atoms with Crippen molar-refractivity contribution < 1.29 is 97.2 Å². The molecule has 0 bridgehead atoms. The van der Waals surface area contributed by atoms with Crippen molar-refractivity contribution in [3.8, 4) is 11.3 Å². The lowest BCUT2D eigenvalue weighted by Crippen LogP contribution is -2.81. The second kappa shape index (κ2) is 19.0. The molecule has 0 fully saturated rings. The molecular formula is C46H17BF20N2O. The molecule has 0 radical (unpaired) electrons. The van der Waals surface area contributed by atoms with E-state index in [9.17, 15) is 57.5 Å². The molecule has 0 aliphatic carbocycles. The molecule has 0 unspecified atom stereocenters. The van der Waals surface area contributed by atoms with Gasteiger partial charge < -0.3 is 0 Å². The molecule has 8 rings (SSSR count). The molecule has 70 heavy (non-hydrogen) atoms. The molecule has 3 nitrogen and oxygen atoms in total. The molecule has 24 heteroatoms. The van der Waals surface area contributed by atoms with E-state index in [1.54, 1.807) is 6.20 Å². The Hall–Kier alpha value is -7.79. The summed E-state index contributed by atoms with van der Waals surface area (Å²) in [5.74, 6) is -71.3. The number of ketones is 1. The Balaban J connectivity index is 0.000000242. The van der Waals surface area contributed by atoms with Crippen LogP contribution in [0.5, 0.6) is 0 Å². The second-order valence-corrected chi connectivity index (χ2v) is 14.7. The van der Waals surface area contributed by atoms with Gasteiger partial charge in [-0.25, -0.2) is 92.8 Å². The zero-order valence-corrected chi connectivity index (χ0v) is 33.8. The Bertz CT molecular complexity index is 3060. The molecule has 0 amide bonds. The number of aromatic nitrogens is 2. The highest BCUT2D eigenvalue weighted by atomic mass is 19.2. The number of hydrogen-bond donors (Lipinski definition) is 0. The van der Waals surface area contributed by atoms with E-state index in [2.05, 4.69) is 29.2 Å². The fourth-order valence-corrected chi connectivity index (χ4v) is 7.87. The normalized spacial score (nSPS) is 11.5. The minimum Gasteiger partial charge on any atom is -0.287 e. The fourth-order valence-electron chi connectivity index (χ4n) is 7.87. The van der Waals surface area contributed by atoms with Crippen LogP contribution in [-0.2, 0) is 6.54 Å². The van der Waals surface area contributed by atoms with Crippen LogP contribution in [0.25, 0.3) is 22.0 Å². The SMILES string of the molecule is Fc1c(F)c(F)c([B-](c2c(F)c(F)c(F)c(F)c2F)(c2c(F)c(F)c(F)c(F)c2F)c2c(F)c(F)c(F)c(F)c2F)c(F)c1F.O=C(C[n+]1ccnc(-c2cccc3ccccc23)c1)c1ccccc1. The van der Waals surface area contributed by atoms with E-state index in [4.69, 9.17) is 0 Å². The van der Waals surface area contributed by atoms with E-state index >= 15 is 35.1 Å². The van der Waals surface area contributed by atoms with Gasteiger partial charge in [-0.05, 0) is 10.8 Å². The first kappa shape index (κ1) is 50.1. The largest absolute Gasteiger partial charge is 0.287 e. The highest BCUT2D eigenvalue weighted by Crippen LogP contribution is 2.31. The van der Waals surface area contributed by atoms with Crippen molar-refractivity contribution in [1.29, 1.82) is 0 Å². The molecule has 8 aromatic rings. The number of carbonyl (C=O) groups is 1. The average Bonchev–Trinajstić information content (AvgIpc) is 3.36. The molecule has 360 valence electrons. The molecule has 0 N–H and O–H groups in total. The molecule has 0 atom stereocenters. The van der Waals surface area contributed by atoms with Crippen LogP contribution in [0.3, 0.4) is 0 Å². The van der Waals surface area contributed by atoms with Gasteiger partial charge in [0.15, 0.2) is 82.2 Å². The molecule has 1 aromatic heterocycles. The van der Waals surface area contributed by atoms with Crippen molar-refractivity contribution >= 4 is 44.6 Å². The third-order valence-corrected chi connectivity index (χ3v) is 11.0. The standard InChI is InChI=1S/C24BF20.C22H17N2O/c26-5-1(6(27)14(35)21(42)13(5)34)25(2-7(28)15(36)22(43)16(37)8(2)29,3-9(30)17(38)23(44)18(39)10(3)31)4-11(32)19(40)24(45)20(41)12(4)33;25-22(18-8-2-1-3-9-18)16-24-14-13-23-21(15-24)20-12-6-10-17-7-4-5-11-19(17)20/h;1-15H,16H2/q-1;+1. The van der Waals surface area contributed by atoms with Gasteiger partial charge >= 0.3 is 0 Å². The van der Waals surface area contributed by atoms with Crippen molar-refractivity contribution in [3.05, 3.63) is 213 Å². The van der Waals surface area contributed by atoms with Crippen molar-refractivity contribution in [1.82, 2.24) is 4.98 Å². The Morgan fingerprint density at radius 3 is 1.11 bits per heavy atom. The minimum absolute atomic E-state index is 0.0840. The van der Waals surface area contributed by atoms with E-state index in [0.29, 0.717) is 6.54 Å². The number of halogens is 20. The van der Waals surface area contributed by atoms with E-state index in [1.807, 2.05) is 65.5 Å². The van der Waals surface area contributed by atoms with Crippen molar-refractivity contribution in [2.24, 2.45) is 0 Å². The summed E-state index contributed by atoms with van der Waals surface area (Å²) in [6.07, 6.45) is -1.71. The summed E-state index contributed by atoms with van der Waals surface area (Å²) < 4.78 is 296. The number of Topliss-reactive ketones (excluding diaryl/α,β-unsaturated/α-hetero) is 1. The Labute approximate surface area is 377 Å². The topological polar surface area (TPSA) is 33.8 Å². The molecule has 0 aliphatic rings. The van der Waals surface area contributed by atoms with Gasteiger partial charge in [0.2, 0.25) is 12.3 Å². The van der Waals surface area contributed by atoms with Crippen LogP contribution in [0, 0.1) is 116 Å². The van der Waals surface area contributed by atoms with E-state index < -0.39 is 144 Å². The van der Waals surface area contributed by atoms with E-state index in [1.165, 1.54) is 5.39 Å². The lowest BCUT2D eigenvalue weighted by Gasteiger charge is -2.44. The van der Waals surface area contributed by atoms with Crippen LogP contribution in [0.15, 0.2) is 91.4 Å². The zero-order chi connectivity index (χ0) is 51.4. The monoisotopic (exact) mass is 1000 g/mol. The molecule has 0 spiro atoms. The van der Waals surface area contributed by atoms with Crippen LogP contribution in [0.1, 0.15) is 10.4 Å². The van der Waals surface area contributed by atoms with Crippen molar-refractivity contribution in [3.63, 3.8) is 0 Å². The Kier molecular flexibility index (Phi) is 13.6. The number of hydrogen-bond acceptors (Lipinski definition) is 2. The minimum atomic E-state index is -7.22. The summed E-state index contributed by atoms with van der Waals surface area (Å²) in [4.78, 5) is 16.9. The highest BCUT2D eigenvalue weighted by molar-refractivity contribution is 7.20. The maximum atomic E-state index is 15.4. The molecule has 0 saturated carbocycles. The summed E-state index contributed by atoms with van der Waals surface area (Å²) in [5, 5.41) is 2.34. The summed E-state index contributed by atoms with van der Waals surface area (Å²) in [7, 11) is 0. The molecule has 7 aromatic carbocycles. The van der Waals surface area contributed by atoms with Crippen LogP contribution in [-0.4, -0.2) is 16.9 Å². The van der Waals surface area contributed by atoms with Gasteiger partial charge in [0.1, 0.15) is 58.4 Å². The van der Waals surface area contributed by atoms with Crippen LogP contribution in [0.2, 0.25) is 0 Å². The summed E-state index contributed by atoms with van der Waals surface area (Å²) >= 11 is 0. The van der Waals surface area contributed by atoms with E-state index in [0.717, 1.165) is 22.2 Å². The highest BCUT2D eigenvalue weighted by Gasteiger charge is 2.52. The predicted molar refractivity (Wildman–Crippen MR) is 207 cm³/mol. The molecule has 0 aliphatic heterocycles. The molecule has 1 heterocycles. The Morgan fingerprint density at radius 1 is 0.400 bits per heavy atom. The van der Waals surface area contributed by atoms with Gasteiger partial charge in [0.25, 0.3) is 0 Å². The van der Waals surface area contributed by atoms with E-state index in [-0.39, 0.29) is 5.78 Å². The first-order chi connectivity index (χ1) is 33.0. The summed E-state index contributed by atoms with van der Waals surface area (Å²) in [6.45, 7) is 0.296. The third-order valence-electron chi connectivity index (χ3n) is 11.0. The van der Waals surface area contributed by atoms with Crippen molar-refractivity contribution in [2.75, 3.05) is 0 Å². The van der Waals surface area contributed by atoms with Gasteiger partial charge in [0, 0.05) is 11.1 Å². The average molecular weight is 1000 g/mol. The fraction of sp³-hybridized carbons (Fsp3) is 0.0217. The van der Waals surface area contributed by atoms with Gasteiger partial charge in [0.05, 0.1) is 6.20 Å². The lowest BCUT2D eigenvalue weighted by atomic mass is 9.12. The predicted octanol–water partition coefficient (Wildman–Crippen LogP) is 9.92. The number of carbonyl (C=O) groups excluding carboxylic acids is 1. The van der Waals surface area contributed by atoms with Crippen molar-refractivity contribution in [2.45, 2.75) is 6.54 Å². The number of nitrogens with zero attached hydrogens (tertiary/aromatic N) is 2. The third kappa shape index (κ3) is 7.93. The van der Waals surface area contributed by atoms with Crippen LogP contribution < -0.4 is 26.4 Å². The van der Waals surface area contributed by atoms with Crippen LogP contribution in [0.4, 0.5) is 87.8 Å². The number of benzene rings is 7. The first-order valence-corrected chi connectivity index (χ1v) is 19.2. The second-order valence-electron chi connectivity index (χ2n) is 14.7. The quantitative estimate of drug-likeness (QED) is 0.0380. The number of rotatable bonds is 8. The van der Waals surface area contributed by atoms with Gasteiger partial charge in [-0.3, -0.25) is 4.79 Å². The first-order valence-electron chi connectivity index (χ1n) is 19.2. The summed E-state index contributed by atoms with van der Waals surface area (Å²) in [6, 6.07) is 23.8. The van der Waals surface area contributed by atoms with Crippen LogP contribution >= 0.6 is 0 Å². The smallest absolute Gasteiger partial charge is 0.227 e. The maximum Gasteiger partial charge on any atom is 0.227 e. The van der Waals surface area contributed by atoms with Gasteiger partial charge in [-0.15, -0.1) is 21.9 Å². The molecular weight excluding hydrogens is 987 g/mol. The lowest BCUT2D eigenvalue weighted by molar-refractivity contribution is -0.683. The Morgan fingerprint density at radius 2 is 0.729 bits per heavy atom. The van der Waals surface area contributed by atoms with Gasteiger partial charge in [-0.2, -0.15) is 4.57 Å². The zero-order valence-electron chi connectivity index (χ0n) is 33.8. The van der Waals surface area contributed by atoms with Gasteiger partial charge in [-0.1, -0.05) is 72.8 Å². The maximum absolute atomic E-state index is 15.4. The number of fused-ring (bicyclic) bond motifs is 1. The molecule has 0 saturated heterocycles. The summed E-state index contributed by atoms with van der Waals surface area (Å²) in [5.41, 5.74) is -11.7.